The lowest BCUT2D eigenvalue weighted by Gasteiger charge is -2.16. The number of H-pyrrole nitrogens is 1. The van der Waals surface area contributed by atoms with E-state index in [2.05, 4.69) is 10.2 Å². The highest BCUT2D eigenvalue weighted by Gasteiger charge is 2.33. The molecule has 122 valence electrons. The van der Waals surface area contributed by atoms with Crippen LogP contribution in [-0.4, -0.2) is 36.8 Å². The molecule has 7 nitrogen and oxygen atoms in total. The van der Waals surface area contributed by atoms with E-state index in [4.69, 9.17) is 16.6 Å². The van der Waals surface area contributed by atoms with E-state index in [1.54, 1.807) is 24.3 Å². The summed E-state index contributed by atoms with van der Waals surface area (Å²) in [5.74, 6) is -1.08. The van der Waals surface area contributed by atoms with Gasteiger partial charge in [-0.25, -0.2) is 5.10 Å². The van der Waals surface area contributed by atoms with Crippen LogP contribution in [0, 0.1) is 10.8 Å². The third-order valence-corrected chi connectivity index (χ3v) is 4.55. The summed E-state index contributed by atoms with van der Waals surface area (Å²) >= 11 is 4.80. The van der Waals surface area contributed by atoms with Crippen molar-refractivity contribution in [3.8, 4) is 11.5 Å². The zero-order chi connectivity index (χ0) is 16.6. The minimum absolute atomic E-state index is 0.0128. The molecule has 0 saturated carbocycles. The molecule has 1 aromatic heterocycles. The second-order valence-electron chi connectivity index (χ2n) is 5.25. The number of rotatable bonds is 4. The summed E-state index contributed by atoms with van der Waals surface area (Å²) in [5.41, 5.74) is 1.28. The van der Waals surface area contributed by atoms with Gasteiger partial charge in [0.2, 0.25) is 11.8 Å². The second-order valence-corrected chi connectivity index (χ2v) is 7.03. The molecule has 2 heterocycles. The molecule has 0 aliphatic carbocycles. The van der Waals surface area contributed by atoms with Gasteiger partial charge in [-0.3, -0.25) is 4.79 Å². The predicted molar refractivity (Wildman–Crippen MR) is 82.5 cm³/mol. The quantitative estimate of drug-likeness (QED) is 0.664. The zero-order valence-electron chi connectivity index (χ0n) is 11.7. The molecule has 1 aromatic carbocycles. The molecule has 2 aromatic rings. The number of amides is 1. The minimum atomic E-state index is -4.59. The van der Waals surface area contributed by atoms with Gasteiger partial charge in [0, 0.05) is 30.1 Å². The number of aromatic nitrogens is 2. The Morgan fingerprint density at radius 1 is 1.39 bits per heavy atom. The standard InChI is InChI=1S/C13H12FN3O4S2/c14-23(19,20)7-8-5-11(18)17(6-8)10-3-1-9(2-4-10)12-15-16-13(22)21-12/h1-4,8H,5-7H2,(H,16,22). The summed E-state index contributed by atoms with van der Waals surface area (Å²) in [6.45, 7) is 0.171. The molecular formula is C13H12FN3O4S2. The van der Waals surface area contributed by atoms with Crippen molar-refractivity contribution < 1.29 is 21.5 Å². The first-order valence-corrected chi connectivity index (χ1v) is 8.66. The van der Waals surface area contributed by atoms with Crippen LogP contribution < -0.4 is 4.90 Å². The molecule has 1 unspecified atom stereocenters. The number of nitrogens with zero attached hydrogens (tertiary/aromatic N) is 2. The van der Waals surface area contributed by atoms with Gasteiger partial charge in [-0.2, -0.15) is 8.42 Å². The molecule has 1 saturated heterocycles. The number of carbonyl (C=O) groups excluding carboxylic acids is 1. The maximum atomic E-state index is 12.8. The molecular weight excluding hydrogens is 345 g/mol. The number of hydrogen-bond acceptors (Lipinski definition) is 6. The summed E-state index contributed by atoms with van der Waals surface area (Å²) in [6, 6.07) is 6.78. The maximum Gasteiger partial charge on any atom is 0.302 e. The Hall–Kier alpha value is -2.07. The Morgan fingerprint density at radius 2 is 2.09 bits per heavy atom. The Balaban J connectivity index is 1.77. The van der Waals surface area contributed by atoms with Gasteiger partial charge in [0.25, 0.3) is 4.84 Å². The van der Waals surface area contributed by atoms with Crippen molar-refractivity contribution in [3.05, 3.63) is 29.1 Å². The number of benzene rings is 1. The van der Waals surface area contributed by atoms with E-state index in [0.29, 0.717) is 17.1 Å². The van der Waals surface area contributed by atoms with Crippen molar-refractivity contribution in [3.63, 3.8) is 0 Å². The van der Waals surface area contributed by atoms with Crippen molar-refractivity contribution in [2.75, 3.05) is 17.2 Å². The lowest BCUT2D eigenvalue weighted by Crippen LogP contribution is -2.25. The fourth-order valence-corrected chi connectivity index (χ4v) is 3.47. The largest absolute Gasteiger partial charge is 0.409 e. The third-order valence-electron chi connectivity index (χ3n) is 3.50. The van der Waals surface area contributed by atoms with Gasteiger partial charge in [0.15, 0.2) is 0 Å². The molecule has 23 heavy (non-hydrogen) atoms. The van der Waals surface area contributed by atoms with Gasteiger partial charge in [0.1, 0.15) is 0 Å². The van der Waals surface area contributed by atoms with E-state index >= 15 is 0 Å². The summed E-state index contributed by atoms with van der Waals surface area (Å²) < 4.78 is 39.4. The van der Waals surface area contributed by atoms with Crippen LogP contribution in [0.3, 0.4) is 0 Å². The third kappa shape index (κ3) is 3.64. The molecule has 1 N–H and O–H groups in total. The Bertz CT molecular complexity index is 888. The van der Waals surface area contributed by atoms with Gasteiger partial charge in [0.05, 0.1) is 5.75 Å². The highest BCUT2D eigenvalue weighted by molar-refractivity contribution is 7.86. The van der Waals surface area contributed by atoms with Crippen LogP contribution in [-0.2, 0) is 15.0 Å². The van der Waals surface area contributed by atoms with E-state index in [1.807, 2.05) is 0 Å². The molecule has 0 spiro atoms. The Labute approximate surface area is 136 Å². The van der Waals surface area contributed by atoms with E-state index in [-0.39, 0.29) is 23.7 Å². The van der Waals surface area contributed by atoms with Gasteiger partial charge in [-0.05, 0) is 36.5 Å². The number of carbonyl (C=O) groups is 1. The molecule has 1 aliphatic rings. The number of anilines is 1. The number of halogens is 1. The molecule has 1 amide bonds. The Morgan fingerprint density at radius 3 is 2.65 bits per heavy atom. The van der Waals surface area contributed by atoms with E-state index in [1.165, 1.54) is 4.90 Å². The van der Waals surface area contributed by atoms with Crippen molar-refractivity contribution in [1.29, 1.82) is 0 Å². The lowest BCUT2D eigenvalue weighted by molar-refractivity contribution is -0.117. The average molecular weight is 357 g/mol. The lowest BCUT2D eigenvalue weighted by atomic mass is 10.1. The van der Waals surface area contributed by atoms with E-state index in [0.717, 1.165) is 0 Å². The second kappa shape index (κ2) is 5.85. The first-order chi connectivity index (χ1) is 10.8. The van der Waals surface area contributed by atoms with Gasteiger partial charge in [-0.1, -0.05) is 0 Å². The first kappa shape index (κ1) is 15.8. The van der Waals surface area contributed by atoms with Crippen LogP contribution in [0.5, 0.6) is 0 Å². The zero-order valence-corrected chi connectivity index (χ0v) is 13.4. The number of aromatic amines is 1. The summed E-state index contributed by atoms with van der Waals surface area (Å²) in [7, 11) is -4.59. The van der Waals surface area contributed by atoms with Crippen molar-refractivity contribution in [1.82, 2.24) is 10.2 Å². The van der Waals surface area contributed by atoms with Gasteiger partial charge < -0.3 is 9.32 Å². The highest BCUT2D eigenvalue weighted by Crippen LogP contribution is 2.28. The maximum absolute atomic E-state index is 12.8. The van der Waals surface area contributed by atoms with Crippen molar-refractivity contribution in [2.24, 2.45) is 5.92 Å². The summed E-state index contributed by atoms with van der Waals surface area (Å²) in [5, 5.41) is 6.41. The van der Waals surface area contributed by atoms with Crippen LogP contribution in [0.15, 0.2) is 28.7 Å². The summed E-state index contributed by atoms with van der Waals surface area (Å²) in [6.07, 6.45) is 0.0128. The van der Waals surface area contributed by atoms with Crippen LogP contribution in [0.1, 0.15) is 6.42 Å². The molecule has 1 fully saturated rings. The molecule has 1 atom stereocenters. The SMILES string of the molecule is O=C1CC(CS(=O)(=O)F)CN1c1ccc(-c2n[nH]c(=S)o2)cc1. The van der Waals surface area contributed by atoms with Gasteiger partial charge >= 0.3 is 10.2 Å². The number of nitrogens with one attached hydrogen (secondary N) is 1. The van der Waals surface area contributed by atoms with Crippen molar-refractivity contribution >= 4 is 34.0 Å². The van der Waals surface area contributed by atoms with E-state index in [9.17, 15) is 17.1 Å². The van der Waals surface area contributed by atoms with Crippen LogP contribution in [0.4, 0.5) is 9.57 Å². The van der Waals surface area contributed by atoms with Gasteiger partial charge in [-0.15, -0.1) is 8.98 Å². The number of hydrogen-bond donors (Lipinski definition) is 1. The molecule has 0 radical (unpaired) electrons. The smallest absolute Gasteiger partial charge is 0.302 e. The molecule has 1 aliphatic heterocycles. The summed E-state index contributed by atoms with van der Waals surface area (Å²) in [4.78, 5) is 13.6. The topological polar surface area (TPSA) is 96.3 Å². The molecule has 10 heteroatoms. The normalized spacial score (nSPS) is 18.6. The minimum Gasteiger partial charge on any atom is -0.409 e. The van der Waals surface area contributed by atoms with E-state index < -0.39 is 21.9 Å². The molecule has 0 bridgehead atoms. The van der Waals surface area contributed by atoms with Crippen molar-refractivity contribution in [2.45, 2.75) is 6.42 Å². The predicted octanol–water partition coefficient (Wildman–Crippen LogP) is 2.05. The molecule has 3 rings (SSSR count). The van der Waals surface area contributed by atoms with Crippen LogP contribution >= 0.6 is 12.2 Å². The van der Waals surface area contributed by atoms with Crippen LogP contribution in [0.25, 0.3) is 11.5 Å². The monoisotopic (exact) mass is 357 g/mol. The fourth-order valence-electron chi connectivity index (χ4n) is 2.56. The Kier molecular flexibility index (Phi) is 4.02. The van der Waals surface area contributed by atoms with Crippen LogP contribution in [0.2, 0.25) is 0 Å². The first-order valence-electron chi connectivity index (χ1n) is 6.70. The fraction of sp³-hybridized carbons (Fsp3) is 0.308. The average Bonchev–Trinajstić information content (AvgIpc) is 3.03. The highest BCUT2D eigenvalue weighted by atomic mass is 32.3.